The number of aromatic nitrogens is 1. The number of nitro groups is 1. The normalized spacial score (nSPS) is 10.6. The molecular formula is C10H9F2IN2O4. The summed E-state index contributed by atoms with van der Waals surface area (Å²) in [5.74, 6) is -0.735. The number of hydrogen-bond acceptors (Lipinski definition) is 5. The van der Waals surface area contributed by atoms with Crippen molar-refractivity contribution >= 4 is 34.2 Å². The Morgan fingerprint density at radius 2 is 2.26 bits per heavy atom. The van der Waals surface area contributed by atoms with Gasteiger partial charge in [-0.1, -0.05) is 0 Å². The van der Waals surface area contributed by atoms with Crippen LogP contribution in [0.1, 0.15) is 24.6 Å². The molecule has 0 aliphatic carbocycles. The van der Waals surface area contributed by atoms with Crippen LogP contribution in [0.4, 0.5) is 14.5 Å². The van der Waals surface area contributed by atoms with Crippen LogP contribution >= 0.6 is 22.6 Å². The maximum atomic E-state index is 12.8. The van der Waals surface area contributed by atoms with Crippen molar-refractivity contribution in [1.82, 2.24) is 4.98 Å². The lowest BCUT2D eigenvalue weighted by Crippen LogP contribution is -2.12. The fourth-order valence-corrected chi connectivity index (χ4v) is 1.97. The van der Waals surface area contributed by atoms with E-state index in [-0.39, 0.29) is 15.9 Å². The van der Waals surface area contributed by atoms with Crippen molar-refractivity contribution in [1.29, 1.82) is 0 Å². The Morgan fingerprint density at radius 1 is 1.63 bits per heavy atom. The van der Waals surface area contributed by atoms with Gasteiger partial charge in [0, 0.05) is 6.07 Å². The van der Waals surface area contributed by atoms with Gasteiger partial charge in [-0.2, -0.15) is 0 Å². The average Bonchev–Trinajstić information content (AvgIpc) is 2.30. The van der Waals surface area contributed by atoms with Crippen molar-refractivity contribution in [3.63, 3.8) is 0 Å². The molecule has 0 fully saturated rings. The van der Waals surface area contributed by atoms with E-state index in [1.54, 1.807) is 6.92 Å². The largest absolute Gasteiger partial charge is 0.466 e. The van der Waals surface area contributed by atoms with E-state index in [9.17, 15) is 23.7 Å². The number of ether oxygens (including phenoxy) is 1. The second kappa shape index (κ2) is 6.68. The Bertz CT molecular complexity index is 511. The van der Waals surface area contributed by atoms with Gasteiger partial charge in [-0.3, -0.25) is 14.9 Å². The zero-order valence-electron chi connectivity index (χ0n) is 9.73. The Kier molecular flexibility index (Phi) is 5.51. The van der Waals surface area contributed by atoms with Crippen molar-refractivity contribution in [2.24, 2.45) is 0 Å². The van der Waals surface area contributed by atoms with Gasteiger partial charge in [0.2, 0.25) is 0 Å². The third kappa shape index (κ3) is 4.04. The van der Waals surface area contributed by atoms with Crippen LogP contribution in [0.2, 0.25) is 0 Å². The van der Waals surface area contributed by atoms with Gasteiger partial charge < -0.3 is 4.74 Å². The molecule has 0 bridgehead atoms. The molecule has 1 heterocycles. The van der Waals surface area contributed by atoms with Crippen molar-refractivity contribution < 1.29 is 23.2 Å². The summed E-state index contributed by atoms with van der Waals surface area (Å²) in [6.45, 7) is 1.67. The number of carbonyl (C=O) groups excluding carboxylic acids is 1. The fraction of sp³-hybridized carbons (Fsp3) is 0.400. The quantitative estimate of drug-likeness (QED) is 0.256. The Morgan fingerprint density at radius 3 is 2.74 bits per heavy atom. The highest BCUT2D eigenvalue weighted by atomic mass is 127. The van der Waals surface area contributed by atoms with E-state index in [0.717, 1.165) is 6.07 Å². The zero-order valence-corrected chi connectivity index (χ0v) is 11.9. The monoisotopic (exact) mass is 386 g/mol. The minimum absolute atomic E-state index is 0.0999. The lowest BCUT2D eigenvalue weighted by Gasteiger charge is -2.08. The van der Waals surface area contributed by atoms with E-state index < -0.39 is 35.1 Å². The van der Waals surface area contributed by atoms with Gasteiger partial charge in [-0.25, -0.2) is 13.8 Å². The summed E-state index contributed by atoms with van der Waals surface area (Å²) in [4.78, 5) is 24.8. The van der Waals surface area contributed by atoms with Crippen LogP contribution in [0.3, 0.4) is 0 Å². The van der Waals surface area contributed by atoms with Gasteiger partial charge in [0.25, 0.3) is 6.43 Å². The number of pyridine rings is 1. The highest BCUT2D eigenvalue weighted by Crippen LogP contribution is 2.28. The van der Waals surface area contributed by atoms with E-state index in [4.69, 9.17) is 0 Å². The molecule has 0 aromatic carbocycles. The summed E-state index contributed by atoms with van der Waals surface area (Å²) < 4.78 is 30.1. The van der Waals surface area contributed by atoms with E-state index in [2.05, 4.69) is 9.72 Å². The maximum Gasteiger partial charge on any atom is 0.310 e. The first kappa shape index (κ1) is 15.7. The molecule has 1 rings (SSSR count). The molecule has 0 radical (unpaired) electrons. The SMILES string of the molecule is CCOC(=O)Cc1cc([N+](=O)[O-])c(I)nc1C(F)F. The molecule has 0 aliphatic rings. The van der Waals surface area contributed by atoms with Crippen LogP contribution in [0, 0.1) is 13.8 Å². The van der Waals surface area contributed by atoms with Crippen LogP contribution in [0.25, 0.3) is 0 Å². The van der Waals surface area contributed by atoms with Crippen molar-refractivity contribution in [2.45, 2.75) is 19.8 Å². The zero-order chi connectivity index (χ0) is 14.6. The lowest BCUT2D eigenvalue weighted by molar-refractivity contribution is -0.386. The first-order valence-electron chi connectivity index (χ1n) is 5.14. The van der Waals surface area contributed by atoms with Crippen molar-refractivity contribution in [3.8, 4) is 0 Å². The van der Waals surface area contributed by atoms with Gasteiger partial charge in [0.05, 0.1) is 18.0 Å². The van der Waals surface area contributed by atoms with Crippen LogP contribution in [0.15, 0.2) is 6.07 Å². The number of halogens is 3. The third-order valence-corrected chi connectivity index (χ3v) is 2.91. The van der Waals surface area contributed by atoms with Gasteiger partial charge in [0.15, 0.2) is 3.70 Å². The fourth-order valence-electron chi connectivity index (χ4n) is 1.36. The summed E-state index contributed by atoms with van der Waals surface area (Å²) >= 11 is 1.50. The minimum Gasteiger partial charge on any atom is -0.466 e. The number of rotatable bonds is 5. The molecule has 104 valence electrons. The van der Waals surface area contributed by atoms with E-state index in [1.165, 1.54) is 22.6 Å². The molecule has 0 N–H and O–H groups in total. The lowest BCUT2D eigenvalue weighted by atomic mass is 10.1. The Labute approximate surface area is 120 Å². The van der Waals surface area contributed by atoms with E-state index >= 15 is 0 Å². The average molecular weight is 386 g/mol. The van der Waals surface area contributed by atoms with Gasteiger partial charge in [-0.05, 0) is 35.1 Å². The Hall–Kier alpha value is -1.39. The third-order valence-electron chi connectivity index (χ3n) is 2.11. The summed E-state index contributed by atoms with van der Waals surface area (Å²) in [7, 11) is 0. The maximum absolute atomic E-state index is 12.8. The van der Waals surface area contributed by atoms with Crippen molar-refractivity contribution in [3.05, 3.63) is 31.1 Å². The molecule has 0 saturated carbocycles. The van der Waals surface area contributed by atoms with Gasteiger partial charge in [-0.15, -0.1) is 0 Å². The molecule has 9 heteroatoms. The summed E-state index contributed by atoms with van der Waals surface area (Å²) in [5.41, 5.74) is -1.24. The van der Waals surface area contributed by atoms with Crippen LogP contribution < -0.4 is 0 Å². The molecule has 6 nitrogen and oxygen atoms in total. The number of alkyl halides is 2. The van der Waals surface area contributed by atoms with Crippen LogP contribution in [0.5, 0.6) is 0 Å². The highest BCUT2D eigenvalue weighted by molar-refractivity contribution is 14.1. The molecule has 0 saturated heterocycles. The predicted molar refractivity (Wildman–Crippen MR) is 68.9 cm³/mol. The molecule has 0 amide bonds. The second-order valence-corrected chi connectivity index (χ2v) is 4.40. The minimum atomic E-state index is -2.92. The smallest absolute Gasteiger partial charge is 0.310 e. The first-order chi connectivity index (χ1) is 8.86. The summed E-state index contributed by atoms with van der Waals surface area (Å²) in [5, 5.41) is 10.7. The van der Waals surface area contributed by atoms with Gasteiger partial charge >= 0.3 is 11.7 Å². The van der Waals surface area contributed by atoms with Crippen molar-refractivity contribution in [2.75, 3.05) is 6.61 Å². The molecule has 0 unspecified atom stereocenters. The number of hydrogen-bond donors (Lipinski definition) is 0. The van der Waals surface area contributed by atoms with E-state index in [1.807, 2.05) is 0 Å². The predicted octanol–water partition coefficient (Wildman–Crippen LogP) is 2.64. The molecule has 1 aromatic heterocycles. The molecule has 0 spiro atoms. The topological polar surface area (TPSA) is 82.3 Å². The first-order valence-corrected chi connectivity index (χ1v) is 6.22. The van der Waals surface area contributed by atoms with Crippen LogP contribution in [-0.4, -0.2) is 22.5 Å². The number of esters is 1. The summed E-state index contributed by atoms with van der Waals surface area (Å²) in [6.07, 6.45) is -3.39. The highest BCUT2D eigenvalue weighted by Gasteiger charge is 2.24. The molecule has 0 aliphatic heterocycles. The second-order valence-electron chi connectivity index (χ2n) is 3.38. The standard InChI is InChI=1S/C10H9F2IN2O4/c1-2-19-7(16)4-5-3-6(15(17)18)10(13)14-8(5)9(11)12/h3,9H,2,4H2,1H3. The molecule has 19 heavy (non-hydrogen) atoms. The number of carbonyl (C=O) groups is 1. The van der Waals surface area contributed by atoms with Crippen LogP contribution in [-0.2, 0) is 16.0 Å². The number of nitrogens with zero attached hydrogens (tertiary/aromatic N) is 2. The molecular weight excluding hydrogens is 377 g/mol. The van der Waals surface area contributed by atoms with E-state index in [0.29, 0.717) is 0 Å². The van der Waals surface area contributed by atoms with Gasteiger partial charge in [0.1, 0.15) is 5.69 Å². The summed E-state index contributed by atoms with van der Waals surface area (Å²) in [6, 6.07) is 0.938. The molecule has 0 atom stereocenters. The Balaban J connectivity index is 3.21. The molecule has 1 aromatic rings.